The van der Waals surface area contributed by atoms with Crippen molar-refractivity contribution in [3.05, 3.63) is 53.0 Å². The van der Waals surface area contributed by atoms with Gasteiger partial charge in [0.25, 0.3) is 5.91 Å². The number of hydrogen-bond acceptors (Lipinski definition) is 4. The van der Waals surface area contributed by atoms with Crippen LogP contribution in [0.4, 0.5) is 8.78 Å². The molecule has 0 spiro atoms. The zero-order valence-corrected chi connectivity index (χ0v) is 13.9. The van der Waals surface area contributed by atoms with Crippen LogP contribution in [0.15, 0.2) is 33.6 Å². The third-order valence-electron chi connectivity index (χ3n) is 3.09. The molecule has 0 aliphatic carbocycles. The lowest BCUT2D eigenvalue weighted by atomic mass is 10.2. The number of hydrazine groups is 1. The standard InChI is InChI=1S/C16H16F2N2O3S/c1-9-7-12(10(2)23-9)16(22)20-19-15(21)5-6-24-11-3-4-13(17)14(18)8-11/h3-4,7-8H,5-6H2,1-2H3,(H,19,21)(H,20,22). The number of rotatable bonds is 5. The predicted octanol–water partition coefficient (Wildman–Crippen LogP) is 3.12. The van der Waals surface area contributed by atoms with Crippen molar-refractivity contribution in [1.29, 1.82) is 0 Å². The van der Waals surface area contributed by atoms with Crippen molar-refractivity contribution in [2.45, 2.75) is 25.2 Å². The van der Waals surface area contributed by atoms with E-state index in [2.05, 4.69) is 10.9 Å². The van der Waals surface area contributed by atoms with E-state index in [4.69, 9.17) is 4.42 Å². The molecular weight excluding hydrogens is 338 g/mol. The maximum atomic E-state index is 13.0. The van der Waals surface area contributed by atoms with Gasteiger partial charge >= 0.3 is 0 Å². The molecule has 0 bridgehead atoms. The molecule has 0 aliphatic rings. The Labute approximate surface area is 141 Å². The number of nitrogens with one attached hydrogen (secondary N) is 2. The molecule has 0 atom stereocenters. The number of halogens is 2. The second-order valence-electron chi connectivity index (χ2n) is 5.00. The molecule has 5 nitrogen and oxygen atoms in total. The summed E-state index contributed by atoms with van der Waals surface area (Å²) in [4.78, 5) is 24.1. The molecule has 128 valence electrons. The van der Waals surface area contributed by atoms with Crippen molar-refractivity contribution in [2.75, 3.05) is 5.75 Å². The molecule has 0 radical (unpaired) electrons. The number of hydrogen-bond donors (Lipinski definition) is 2. The number of carbonyl (C=O) groups is 2. The lowest BCUT2D eigenvalue weighted by Gasteiger charge is -2.07. The first-order valence-corrected chi connectivity index (χ1v) is 8.09. The predicted molar refractivity (Wildman–Crippen MR) is 85.5 cm³/mol. The highest BCUT2D eigenvalue weighted by Gasteiger charge is 2.14. The van der Waals surface area contributed by atoms with Crippen LogP contribution in [0, 0.1) is 25.5 Å². The summed E-state index contributed by atoms with van der Waals surface area (Å²) in [5, 5.41) is 0. The van der Waals surface area contributed by atoms with E-state index in [0.717, 1.165) is 12.1 Å². The zero-order valence-electron chi connectivity index (χ0n) is 13.1. The highest BCUT2D eigenvalue weighted by atomic mass is 32.2. The van der Waals surface area contributed by atoms with Crippen LogP contribution in [0.3, 0.4) is 0 Å². The Morgan fingerprint density at radius 1 is 1.12 bits per heavy atom. The van der Waals surface area contributed by atoms with Crippen LogP contribution >= 0.6 is 11.8 Å². The Balaban J connectivity index is 1.74. The Bertz CT molecular complexity index is 762. The SMILES string of the molecule is Cc1cc(C(=O)NNC(=O)CCSc2ccc(F)c(F)c2)c(C)o1. The monoisotopic (exact) mass is 354 g/mol. The minimum absolute atomic E-state index is 0.105. The van der Waals surface area contributed by atoms with Gasteiger partial charge in [0.1, 0.15) is 11.5 Å². The normalized spacial score (nSPS) is 10.5. The first-order chi connectivity index (χ1) is 11.4. The summed E-state index contributed by atoms with van der Waals surface area (Å²) in [6.45, 7) is 3.38. The van der Waals surface area contributed by atoms with E-state index >= 15 is 0 Å². The van der Waals surface area contributed by atoms with E-state index in [1.165, 1.54) is 17.8 Å². The summed E-state index contributed by atoms with van der Waals surface area (Å²) in [5.41, 5.74) is 4.95. The molecule has 0 fully saturated rings. The van der Waals surface area contributed by atoms with Gasteiger partial charge in [0.2, 0.25) is 5.91 Å². The number of amides is 2. The van der Waals surface area contributed by atoms with Crippen molar-refractivity contribution in [3.8, 4) is 0 Å². The van der Waals surface area contributed by atoms with Crippen molar-refractivity contribution in [2.24, 2.45) is 0 Å². The Kier molecular flexibility index (Phi) is 5.97. The molecule has 2 rings (SSSR count). The molecule has 1 aromatic carbocycles. The fraction of sp³-hybridized carbons (Fsp3) is 0.250. The highest BCUT2D eigenvalue weighted by molar-refractivity contribution is 7.99. The minimum Gasteiger partial charge on any atom is -0.466 e. The van der Waals surface area contributed by atoms with Gasteiger partial charge < -0.3 is 4.42 Å². The van der Waals surface area contributed by atoms with Gasteiger partial charge in [-0.3, -0.25) is 20.4 Å². The molecule has 0 aliphatic heterocycles. The average molecular weight is 354 g/mol. The number of aryl methyl sites for hydroxylation is 2. The number of benzene rings is 1. The van der Waals surface area contributed by atoms with Crippen molar-refractivity contribution < 1.29 is 22.8 Å². The van der Waals surface area contributed by atoms with E-state index < -0.39 is 23.4 Å². The molecular formula is C16H16F2N2O3S. The Hall–Kier alpha value is -2.35. The quantitative estimate of drug-likeness (QED) is 0.639. The first kappa shape index (κ1) is 18.0. The van der Waals surface area contributed by atoms with Gasteiger partial charge in [-0.25, -0.2) is 8.78 Å². The summed E-state index contributed by atoms with van der Waals surface area (Å²) in [6.07, 6.45) is 0.105. The van der Waals surface area contributed by atoms with Crippen LogP contribution in [0.2, 0.25) is 0 Å². The van der Waals surface area contributed by atoms with E-state index in [-0.39, 0.29) is 6.42 Å². The van der Waals surface area contributed by atoms with Crippen LogP contribution in [-0.4, -0.2) is 17.6 Å². The third-order valence-corrected chi connectivity index (χ3v) is 4.09. The van der Waals surface area contributed by atoms with Crippen molar-refractivity contribution >= 4 is 23.6 Å². The second kappa shape index (κ2) is 7.96. The second-order valence-corrected chi connectivity index (χ2v) is 6.17. The van der Waals surface area contributed by atoms with Crippen LogP contribution in [0.5, 0.6) is 0 Å². The summed E-state index contributed by atoms with van der Waals surface area (Å²) >= 11 is 1.21. The summed E-state index contributed by atoms with van der Waals surface area (Å²) in [6, 6.07) is 5.12. The number of thioether (sulfide) groups is 1. The van der Waals surface area contributed by atoms with Gasteiger partial charge in [0.05, 0.1) is 5.56 Å². The molecule has 1 heterocycles. The maximum Gasteiger partial charge on any atom is 0.273 e. The maximum absolute atomic E-state index is 13.0. The van der Waals surface area contributed by atoms with Crippen LogP contribution < -0.4 is 10.9 Å². The third kappa shape index (κ3) is 4.82. The van der Waals surface area contributed by atoms with Gasteiger partial charge in [-0.2, -0.15) is 0 Å². The molecule has 0 saturated carbocycles. The van der Waals surface area contributed by atoms with Crippen LogP contribution in [0.1, 0.15) is 28.3 Å². The zero-order chi connectivity index (χ0) is 17.7. The fourth-order valence-corrected chi connectivity index (χ4v) is 2.82. The largest absolute Gasteiger partial charge is 0.466 e. The smallest absolute Gasteiger partial charge is 0.273 e. The highest BCUT2D eigenvalue weighted by Crippen LogP contribution is 2.20. The molecule has 24 heavy (non-hydrogen) atoms. The van der Waals surface area contributed by atoms with E-state index in [9.17, 15) is 18.4 Å². The van der Waals surface area contributed by atoms with Crippen molar-refractivity contribution in [1.82, 2.24) is 10.9 Å². The lowest BCUT2D eigenvalue weighted by Crippen LogP contribution is -2.41. The molecule has 2 amide bonds. The molecule has 1 aromatic heterocycles. The van der Waals surface area contributed by atoms with E-state index in [0.29, 0.717) is 27.7 Å². The summed E-state index contributed by atoms with van der Waals surface area (Å²) < 4.78 is 31.1. The topological polar surface area (TPSA) is 71.3 Å². The minimum atomic E-state index is -0.928. The Morgan fingerprint density at radius 2 is 1.88 bits per heavy atom. The summed E-state index contributed by atoms with van der Waals surface area (Å²) in [5.74, 6) is -1.27. The van der Waals surface area contributed by atoms with Crippen LogP contribution in [-0.2, 0) is 4.79 Å². The van der Waals surface area contributed by atoms with Gasteiger partial charge in [0, 0.05) is 17.1 Å². The molecule has 0 unspecified atom stereocenters. The molecule has 2 N–H and O–H groups in total. The molecule has 8 heteroatoms. The van der Waals surface area contributed by atoms with Gasteiger partial charge in [-0.1, -0.05) is 0 Å². The van der Waals surface area contributed by atoms with Gasteiger partial charge in [-0.05, 0) is 38.1 Å². The van der Waals surface area contributed by atoms with E-state index in [1.54, 1.807) is 19.9 Å². The van der Waals surface area contributed by atoms with Gasteiger partial charge in [0.15, 0.2) is 11.6 Å². The van der Waals surface area contributed by atoms with Gasteiger partial charge in [-0.15, -0.1) is 11.8 Å². The van der Waals surface area contributed by atoms with Crippen molar-refractivity contribution in [3.63, 3.8) is 0 Å². The molecule has 0 saturated heterocycles. The average Bonchev–Trinajstić information content (AvgIpc) is 2.87. The molecule has 2 aromatic rings. The van der Waals surface area contributed by atoms with Crippen LogP contribution in [0.25, 0.3) is 0 Å². The fourth-order valence-electron chi connectivity index (χ4n) is 1.94. The first-order valence-electron chi connectivity index (χ1n) is 7.11. The Morgan fingerprint density at radius 3 is 2.50 bits per heavy atom. The number of carbonyl (C=O) groups excluding carboxylic acids is 2. The lowest BCUT2D eigenvalue weighted by molar-refractivity contribution is -0.121. The summed E-state index contributed by atoms with van der Waals surface area (Å²) in [7, 11) is 0. The van der Waals surface area contributed by atoms with E-state index in [1.807, 2.05) is 0 Å². The number of furan rings is 1.